The van der Waals surface area contributed by atoms with E-state index >= 15 is 0 Å². The first-order valence-corrected chi connectivity index (χ1v) is 6.38. The van der Waals surface area contributed by atoms with E-state index in [4.69, 9.17) is 10.2 Å². The molecule has 0 aliphatic heterocycles. The van der Waals surface area contributed by atoms with Gasteiger partial charge in [-0.2, -0.15) is 0 Å². The van der Waals surface area contributed by atoms with E-state index in [2.05, 4.69) is 12.2 Å². The highest BCUT2D eigenvalue weighted by molar-refractivity contribution is 5.71. The SMILES string of the molecule is O=C(O)CC1=CC2C3CC(C=C3CC(=O)O)C2C1. The molecule has 0 aromatic heterocycles. The third kappa shape index (κ3) is 1.76. The number of hydrogen-bond donors (Lipinski definition) is 2. The third-order valence-electron chi connectivity index (χ3n) is 4.60. The lowest BCUT2D eigenvalue weighted by molar-refractivity contribution is -0.137. The minimum atomic E-state index is -0.771. The number of carboxylic acid groups (broad SMARTS) is 2. The van der Waals surface area contributed by atoms with Crippen molar-refractivity contribution in [3.63, 3.8) is 0 Å². The van der Waals surface area contributed by atoms with Crippen LogP contribution in [0.1, 0.15) is 25.7 Å². The Morgan fingerprint density at radius 2 is 1.89 bits per heavy atom. The Morgan fingerprint density at radius 1 is 1.17 bits per heavy atom. The van der Waals surface area contributed by atoms with Crippen molar-refractivity contribution >= 4 is 11.9 Å². The topological polar surface area (TPSA) is 74.6 Å². The van der Waals surface area contributed by atoms with Crippen LogP contribution in [0.15, 0.2) is 23.3 Å². The van der Waals surface area contributed by atoms with Gasteiger partial charge in [0, 0.05) is 0 Å². The van der Waals surface area contributed by atoms with Gasteiger partial charge in [0.1, 0.15) is 0 Å². The van der Waals surface area contributed by atoms with Gasteiger partial charge in [-0.05, 0) is 36.5 Å². The number of fused-ring (bicyclic) bond motifs is 5. The molecule has 0 aromatic rings. The molecule has 2 bridgehead atoms. The molecule has 0 radical (unpaired) electrons. The van der Waals surface area contributed by atoms with Crippen molar-refractivity contribution < 1.29 is 19.8 Å². The fourth-order valence-corrected chi connectivity index (χ4v) is 4.06. The molecule has 0 heterocycles. The van der Waals surface area contributed by atoms with Crippen LogP contribution < -0.4 is 0 Å². The molecule has 4 unspecified atom stereocenters. The molecule has 0 amide bonds. The van der Waals surface area contributed by atoms with Gasteiger partial charge in [-0.3, -0.25) is 9.59 Å². The molecule has 3 rings (SSSR count). The van der Waals surface area contributed by atoms with Crippen molar-refractivity contribution in [1.29, 1.82) is 0 Å². The lowest BCUT2D eigenvalue weighted by Gasteiger charge is -2.23. The molecule has 4 atom stereocenters. The van der Waals surface area contributed by atoms with Crippen molar-refractivity contribution in [3.05, 3.63) is 23.3 Å². The van der Waals surface area contributed by atoms with Gasteiger partial charge in [-0.15, -0.1) is 0 Å². The van der Waals surface area contributed by atoms with Crippen LogP contribution in [0.2, 0.25) is 0 Å². The maximum Gasteiger partial charge on any atom is 0.307 e. The van der Waals surface area contributed by atoms with Crippen LogP contribution >= 0.6 is 0 Å². The Labute approximate surface area is 105 Å². The van der Waals surface area contributed by atoms with E-state index in [0.717, 1.165) is 24.0 Å². The van der Waals surface area contributed by atoms with Crippen molar-refractivity contribution in [2.24, 2.45) is 23.7 Å². The first-order chi connectivity index (χ1) is 8.54. The zero-order valence-corrected chi connectivity index (χ0v) is 10.0. The molecule has 18 heavy (non-hydrogen) atoms. The summed E-state index contributed by atoms with van der Waals surface area (Å²) >= 11 is 0. The second kappa shape index (κ2) is 3.97. The largest absolute Gasteiger partial charge is 0.481 e. The van der Waals surface area contributed by atoms with Gasteiger partial charge < -0.3 is 10.2 Å². The lowest BCUT2D eigenvalue weighted by Crippen LogP contribution is -2.18. The van der Waals surface area contributed by atoms with E-state index in [-0.39, 0.29) is 12.8 Å². The highest BCUT2D eigenvalue weighted by Gasteiger charge is 2.49. The highest BCUT2D eigenvalue weighted by Crippen LogP contribution is 2.58. The number of hydrogen-bond acceptors (Lipinski definition) is 2. The average Bonchev–Trinajstić information content (AvgIpc) is 2.85. The van der Waals surface area contributed by atoms with E-state index in [1.807, 2.05) is 0 Å². The zero-order chi connectivity index (χ0) is 12.9. The van der Waals surface area contributed by atoms with E-state index < -0.39 is 11.9 Å². The van der Waals surface area contributed by atoms with Gasteiger partial charge in [0.25, 0.3) is 0 Å². The molecule has 3 aliphatic carbocycles. The maximum atomic E-state index is 10.8. The lowest BCUT2D eigenvalue weighted by atomic mass is 9.81. The van der Waals surface area contributed by atoms with Crippen molar-refractivity contribution in [2.45, 2.75) is 25.7 Å². The zero-order valence-electron chi connectivity index (χ0n) is 10.0. The van der Waals surface area contributed by atoms with Gasteiger partial charge >= 0.3 is 11.9 Å². The van der Waals surface area contributed by atoms with Gasteiger partial charge in [-0.25, -0.2) is 0 Å². The summed E-state index contributed by atoms with van der Waals surface area (Å²) in [6, 6.07) is 0. The fraction of sp³-hybridized carbons (Fsp3) is 0.571. The van der Waals surface area contributed by atoms with E-state index in [0.29, 0.717) is 23.7 Å². The first kappa shape index (κ1) is 11.5. The summed E-state index contributed by atoms with van der Waals surface area (Å²) < 4.78 is 0. The monoisotopic (exact) mass is 248 g/mol. The van der Waals surface area contributed by atoms with Crippen molar-refractivity contribution in [2.75, 3.05) is 0 Å². The Balaban J connectivity index is 1.76. The quantitative estimate of drug-likeness (QED) is 0.747. The smallest absolute Gasteiger partial charge is 0.307 e. The summed E-state index contributed by atoms with van der Waals surface area (Å²) in [5.41, 5.74) is 2.08. The maximum absolute atomic E-state index is 10.8. The third-order valence-corrected chi connectivity index (χ3v) is 4.60. The Morgan fingerprint density at radius 3 is 2.56 bits per heavy atom. The van der Waals surface area contributed by atoms with E-state index in [9.17, 15) is 9.59 Å². The number of carboxylic acids is 2. The summed E-state index contributed by atoms with van der Waals surface area (Å²) in [6.45, 7) is 0. The molecule has 0 aromatic carbocycles. The molecule has 4 heteroatoms. The van der Waals surface area contributed by atoms with Crippen molar-refractivity contribution in [1.82, 2.24) is 0 Å². The summed E-state index contributed by atoms with van der Waals surface area (Å²) in [6.07, 6.45) is 6.48. The molecule has 1 saturated carbocycles. The van der Waals surface area contributed by atoms with Crippen LogP contribution in [0.3, 0.4) is 0 Å². The average molecular weight is 248 g/mol. The minimum absolute atomic E-state index is 0.140. The van der Waals surface area contributed by atoms with Crippen LogP contribution in [0, 0.1) is 23.7 Å². The number of carbonyl (C=O) groups is 2. The number of rotatable bonds is 4. The second-order valence-corrected chi connectivity index (χ2v) is 5.66. The normalized spacial score (nSPS) is 36.2. The van der Waals surface area contributed by atoms with Gasteiger partial charge in [0.2, 0.25) is 0 Å². The number of allylic oxidation sites excluding steroid dienone is 2. The second-order valence-electron chi connectivity index (χ2n) is 5.66. The van der Waals surface area contributed by atoms with Crippen LogP contribution in [0.5, 0.6) is 0 Å². The predicted octanol–water partition coefficient (Wildman–Crippen LogP) is 2.07. The Hall–Kier alpha value is -1.58. The summed E-state index contributed by atoms with van der Waals surface area (Å²) in [4.78, 5) is 21.5. The fourth-order valence-electron chi connectivity index (χ4n) is 4.06. The molecular formula is C14H16O4. The van der Waals surface area contributed by atoms with Crippen LogP contribution in [-0.2, 0) is 9.59 Å². The van der Waals surface area contributed by atoms with E-state index in [1.54, 1.807) is 0 Å². The van der Waals surface area contributed by atoms with E-state index in [1.165, 1.54) is 0 Å². The van der Waals surface area contributed by atoms with Gasteiger partial charge in [-0.1, -0.05) is 23.3 Å². The molecule has 1 fully saturated rings. The molecule has 0 saturated heterocycles. The first-order valence-electron chi connectivity index (χ1n) is 6.38. The molecular weight excluding hydrogens is 232 g/mol. The number of aliphatic carboxylic acids is 2. The minimum Gasteiger partial charge on any atom is -0.481 e. The molecule has 4 nitrogen and oxygen atoms in total. The Bertz CT molecular complexity index is 474. The van der Waals surface area contributed by atoms with Crippen LogP contribution in [0.25, 0.3) is 0 Å². The van der Waals surface area contributed by atoms with Crippen LogP contribution in [0.4, 0.5) is 0 Å². The molecule has 96 valence electrons. The predicted molar refractivity (Wildman–Crippen MR) is 63.9 cm³/mol. The highest BCUT2D eigenvalue weighted by atomic mass is 16.4. The Kier molecular flexibility index (Phi) is 2.54. The van der Waals surface area contributed by atoms with Gasteiger partial charge in [0.15, 0.2) is 0 Å². The van der Waals surface area contributed by atoms with Gasteiger partial charge in [0.05, 0.1) is 12.8 Å². The summed E-state index contributed by atoms with van der Waals surface area (Å²) in [5.74, 6) is 0.204. The summed E-state index contributed by atoms with van der Waals surface area (Å²) in [7, 11) is 0. The molecule has 2 N–H and O–H groups in total. The standard InChI is InChI=1S/C14H16O4/c15-13(16)3-7-1-10-8-4-9(6-14(17)18)11(5-8)12(10)2-7/h2,4,8,10-12H,1,3,5-6H2,(H,15,16)(H,17,18). The van der Waals surface area contributed by atoms with Crippen LogP contribution in [-0.4, -0.2) is 22.2 Å². The van der Waals surface area contributed by atoms with Crippen molar-refractivity contribution in [3.8, 4) is 0 Å². The summed E-state index contributed by atoms with van der Waals surface area (Å²) in [5, 5.41) is 17.7. The molecule has 3 aliphatic rings. The molecule has 0 spiro atoms.